The molecule has 33 heavy (non-hydrogen) atoms. The third-order valence-corrected chi connectivity index (χ3v) is 7.93. The van der Waals surface area contributed by atoms with Gasteiger partial charge in [-0.15, -0.1) is 0 Å². The molecule has 0 N–H and O–H groups in total. The van der Waals surface area contributed by atoms with Crippen LogP contribution in [0.2, 0.25) is 0 Å². The number of hydrogen-bond acceptors (Lipinski definition) is 8. The van der Waals surface area contributed by atoms with Gasteiger partial charge < -0.3 is 18.8 Å². The molecular weight excluding hydrogens is 444 g/mol. The number of sulfonamides is 1. The normalized spacial score (nSPS) is 17.4. The van der Waals surface area contributed by atoms with Crippen molar-refractivity contribution in [2.24, 2.45) is 0 Å². The highest BCUT2D eigenvalue weighted by Gasteiger charge is 2.31. The quantitative estimate of drug-likeness (QED) is 0.454. The Balaban J connectivity index is 1.24. The van der Waals surface area contributed by atoms with Crippen LogP contribution in [-0.2, 0) is 10.0 Å². The number of piperazine rings is 1. The van der Waals surface area contributed by atoms with Crippen LogP contribution in [0.3, 0.4) is 0 Å². The Morgan fingerprint density at radius 2 is 1.67 bits per heavy atom. The Morgan fingerprint density at radius 3 is 2.52 bits per heavy atom. The molecule has 0 amide bonds. The fraction of sp³-hybridized carbons (Fsp3) is 0.304. The van der Waals surface area contributed by atoms with E-state index in [0.29, 0.717) is 62.3 Å². The number of fused-ring (bicyclic) bond motifs is 4. The van der Waals surface area contributed by atoms with Gasteiger partial charge in [0.2, 0.25) is 10.0 Å². The lowest BCUT2D eigenvalue weighted by Crippen LogP contribution is -2.49. The molecular formula is C23H22N4O5S. The lowest BCUT2D eigenvalue weighted by molar-refractivity contribution is 0.296. The van der Waals surface area contributed by atoms with Crippen LogP contribution >= 0.6 is 0 Å². The maximum absolute atomic E-state index is 13.3. The largest absolute Gasteiger partial charge is 0.490 e. The van der Waals surface area contributed by atoms with Crippen LogP contribution in [0.15, 0.2) is 58.1 Å². The summed E-state index contributed by atoms with van der Waals surface area (Å²) in [4.78, 5) is 11.1. The van der Waals surface area contributed by atoms with Gasteiger partial charge in [-0.05, 0) is 24.3 Å². The maximum atomic E-state index is 13.3. The van der Waals surface area contributed by atoms with E-state index in [1.165, 1.54) is 10.6 Å². The fourth-order valence-electron chi connectivity index (χ4n) is 4.33. The number of ether oxygens (including phenoxy) is 2. The van der Waals surface area contributed by atoms with Gasteiger partial charge in [-0.25, -0.2) is 18.4 Å². The minimum atomic E-state index is -3.66. The van der Waals surface area contributed by atoms with Gasteiger partial charge in [-0.2, -0.15) is 4.31 Å². The number of rotatable bonds is 3. The summed E-state index contributed by atoms with van der Waals surface area (Å²) in [6.07, 6.45) is 2.29. The first-order valence-corrected chi connectivity index (χ1v) is 12.3. The zero-order chi connectivity index (χ0) is 22.4. The SMILES string of the molecule is O=S(=O)(c1ccc2c(c1)OCCCO2)N1CCN(c2ncnc3c2oc2ccccc23)CC1. The van der Waals surface area contributed by atoms with Gasteiger partial charge in [0.1, 0.15) is 17.4 Å². The summed E-state index contributed by atoms with van der Waals surface area (Å²) < 4.78 is 45.4. The first-order valence-electron chi connectivity index (χ1n) is 10.9. The van der Waals surface area contributed by atoms with Gasteiger partial charge >= 0.3 is 0 Å². The number of benzene rings is 2. The zero-order valence-corrected chi connectivity index (χ0v) is 18.6. The van der Waals surface area contributed by atoms with Crippen LogP contribution in [-0.4, -0.2) is 62.1 Å². The number of anilines is 1. The van der Waals surface area contributed by atoms with Crippen LogP contribution in [0.5, 0.6) is 11.5 Å². The van der Waals surface area contributed by atoms with Gasteiger partial charge in [0.15, 0.2) is 22.9 Å². The van der Waals surface area contributed by atoms with Gasteiger partial charge in [0, 0.05) is 44.1 Å². The second-order valence-corrected chi connectivity index (χ2v) is 9.96. The molecule has 0 spiro atoms. The molecule has 0 radical (unpaired) electrons. The molecule has 6 rings (SSSR count). The number of nitrogens with zero attached hydrogens (tertiary/aromatic N) is 4. The van der Waals surface area contributed by atoms with Gasteiger partial charge in [0.05, 0.1) is 18.1 Å². The lowest BCUT2D eigenvalue weighted by atomic mass is 10.2. The summed E-state index contributed by atoms with van der Waals surface area (Å²) in [5.41, 5.74) is 2.14. The highest BCUT2D eigenvalue weighted by molar-refractivity contribution is 7.89. The van der Waals surface area contributed by atoms with Crippen molar-refractivity contribution >= 4 is 37.9 Å². The Bertz CT molecular complexity index is 1440. The van der Waals surface area contributed by atoms with Gasteiger partial charge in [-0.1, -0.05) is 12.1 Å². The van der Waals surface area contributed by atoms with E-state index in [1.54, 1.807) is 18.2 Å². The molecule has 0 atom stereocenters. The summed E-state index contributed by atoms with van der Waals surface area (Å²) in [5, 5.41) is 0.937. The predicted molar refractivity (Wildman–Crippen MR) is 122 cm³/mol. The smallest absolute Gasteiger partial charge is 0.243 e. The third-order valence-electron chi connectivity index (χ3n) is 6.03. The second kappa shape index (κ2) is 7.89. The van der Waals surface area contributed by atoms with Crippen molar-refractivity contribution in [1.82, 2.24) is 14.3 Å². The first kappa shape index (κ1) is 20.3. The minimum Gasteiger partial charge on any atom is -0.490 e. The van der Waals surface area contributed by atoms with E-state index in [4.69, 9.17) is 13.9 Å². The molecule has 0 bridgehead atoms. The number of aromatic nitrogens is 2. The molecule has 10 heteroatoms. The van der Waals surface area contributed by atoms with Crippen molar-refractivity contribution in [3.63, 3.8) is 0 Å². The molecule has 0 unspecified atom stereocenters. The van der Waals surface area contributed by atoms with Crippen molar-refractivity contribution in [1.29, 1.82) is 0 Å². The molecule has 2 aliphatic rings. The average molecular weight is 467 g/mol. The third kappa shape index (κ3) is 3.46. The lowest BCUT2D eigenvalue weighted by Gasteiger charge is -2.34. The molecule has 4 aromatic rings. The van der Waals surface area contributed by atoms with Crippen molar-refractivity contribution < 1.29 is 22.3 Å². The Kier molecular flexibility index (Phi) is 4.84. The van der Waals surface area contributed by atoms with Gasteiger partial charge in [0.25, 0.3) is 0 Å². The molecule has 2 aromatic carbocycles. The number of furan rings is 1. The Labute approximate surface area is 190 Å². The highest BCUT2D eigenvalue weighted by atomic mass is 32.2. The molecule has 170 valence electrons. The van der Waals surface area contributed by atoms with Crippen molar-refractivity contribution in [2.45, 2.75) is 11.3 Å². The Hall–Kier alpha value is -3.37. The van der Waals surface area contributed by atoms with E-state index in [0.717, 1.165) is 22.9 Å². The van der Waals surface area contributed by atoms with Gasteiger partial charge in [-0.3, -0.25) is 0 Å². The summed E-state index contributed by atoms with van der Waals surface area (Å²) in [5.74, 6) is 1.74. The summed E-state index contributed by atoms with van der Waals surface area (Å²) in [6.45, 7) is 2.72. The highest BCUT2D eigenvalue weighted by Crippen LogP contribution is 2.35. The van der Waals surface area contributed by atoms with Crippen LogP contribution in [0, 0.1) is 0 Å². The Morgan fingerprint density at radius 1 is 0.879 bits per heavy atom. The van der Waals surface area contributed by atoms with E-state index in [-0.39, 0.29) is 4.90 Å². The van der Waals surface area contributed by atoms with Crippen LogP contribution in [0.1, 0.15) is 6.42 Å². The predicted octanol–water partition coefficient (Wildman–Crippen LogP) is 3.05. The van der Waals surface area contributed by atoms with E-state index in [9.17, 15) is 8.42 Å². The minimum absolute atomic E-state index is 0.210. The topological polar surface area (TPSA) is 98.0 Å². The molecule has 4 heterocycles. The van der Waals surface area contributed by atoms with E-state index in [1.807, 2.05) is 29.2 Å². The van der Waals surface area contributed by atoms with E-state index >= 15 is 0 Å². The number of para-hydroxylation sites is 1. The van der Waals surface area contributed by atoms with E-state index < -0.39 is 10.0 Å². The maximum Gasteiger partial charge on any atom is 0.243 e. The molecule has 0 aliphatic carbocycles. The molecule has 2 aliphatic heterocycles. The van der Waals surface area contributed by atoms with Crippen molar-refractivity contribution in [2.75, 3.05) is 44.3 Å². The van der Waals surface area contributed by atoms with Crippen molar-refractivity contribution in [3.05, 3.63) is 48.8 Å². The molecule has 0 saturated carbocycles. The van der Waals surface area contributed by atoms with E-state index in [2.05, 4.69) is 9.97 Å². The molecule has 1 fully saturated rings. The zero-order valence-electron chi connectivity index (χ0n) is 17.8. The summed E-state index contributed by atoms with van der Waals surface area (Å²) in [6, 6.07) is 12.5. The van der Waals surface area contributed by atoms with Crippen LogP contribution in [0.4, 0.5) is 5.82 Å². The standard InChI is InChI=1S/C23H22N4O5S/c28-33(29,16-6-7-19-20(14-16)31-13-3-12-30-19)27-10-8-26(9-11-27)23-22-21(24-15-25-23)17-4-1-2-5-18(17)32-22/h1-2,4-7,14-15H,3,8-13H2. The summed E-state index contributed by atoms with van der Waals surface area (Å²) in [7, 11) is -3.66. The van der Waals surface area contributed by atoms with Crippen molar-refractivity contribution in [3.8, 4) is 11.5 Å². The molecule has 9 nitrogen and oxygen atoms in total. The summed E-state index contributed by atoms with van der Waals surface area (Å²) >= 11 is 0. The first-order chi connectivity index (χ1) is 16.1. The molecule has 1 saturated heterocycles. The number of hydrogen-bond donors (Lipinski definition) is 0. The van der Waals surface area contributed by atoms with Crippen LogP contribution in [0.25, 0.3) is 22.1 Å². The monoisotopic (exact) mass is 466 g/mol. The second-order valence-electron chi connectivity index (χ2n) is 8.02. The average Bonchev–Trinajstić information content (AvgIpc) is 3.06. The van der Waals surface area contributed by atoms with Crippen LogP contribution < -0.4 is 14.4 Å². The fourth-order valence-corrected chi connectivity index (χ4v) is 5.77. The molecule has 2 aromatic heterocycles.